The summed E-state index contributed by atoms with van der Waals surface area (Å²) in [6, 6.07) is 13.1. The van der Waals surface area contributed by atoms with Crippen molar-refractivity contribution in [3.05, 3.63) is 64.7 Å². The monoisotopic (exact) mass is 345 g/mol. The molecule has 0 aromatic heterocycles. The van der Waals surface area contributed by atoms with Gasteiger partial charge in [-0.1, -0.05) is 29.8 Å². The summed E-state index contributed by atoms with van der Waals surface area (Å²) < 4.78 is 0. The fourth-order valence-electron chi connectivity index (χ4n) is 1.99. The van der Waals surface area contributed by atoms with Gasteiger partial charge in [-0.05, 0) is 30.3 Å². The second-order valence-corrected chi connectivity index (χ2v) is 5.28. The number of carbonyl (C=O) groups is 3. The third-order valence-electron chi connectivity index (χ3n) is 3.16. The van der Waals surface area contributed by atoms with Gasteiger partial charge < -0.3 is 16.0 Å². The molecule has 0 fully saturated rings. The third kappa shape index (κ3) is 4.57. The van der Waals surface area contributed by atoms with E-state index < -0.39 is 11.8 Å². The summed E-state index contributed by atoms with van der Waals surface area (Å²) in [7, 11) is 1.53. The number of nitrogens with one attached hydrogen (secondary N) is 3. The van der Waals surface area contributed by atoms with Gasteiger partial charge in [0.1, 0.15) is 0 Å². The molecule has 7 heteroatoms. The van der Waals surface area contributed by atoms with Crippen LogP contribution >= 0.6 is 11.6 Å². The number of anilines is 1. The molecule has 0 bridgehead atoms. The summed E-state index contributed by atoms with van der Waals surface area (Å²) in [5.74, 6) is -1.10. The Morgan fingerprint density at radius 3 is 2.46 bits per heavy atom. The van der Waals surface area contributed by atoms with Gasteiger partial charge in [0.2, 0.25) is 5.91 Å². The highest BCUT2D eigenvalue weighted by Crippen LogP contribution is 2.14. The highest BCUT2D eigenvalue weighted by Gasteiger charge is 2.11. The summed E-state index contributed by atoms with van der Waals surface area (Å²) in [5.41, 5.74) is 1.19. The van der Waals surface area contributed by atoms with Gasteiger partial charge in [0, 0.05) is 18.3 Å². The van der Waals surface area contributed by atoms with Crippen molar-refractivity contribution in [2.75, 3.05) is 18.9 Å². The number of halogens is 1. The van der Waals surface area contributed by atoms with E-state index in [0.717, 1.165) is 0 Å². The van der Waals surface area contributed by atoms with Crippen LogP contribution in [0, 0.1) is 0 Å². The summed E-state index contributed by atoms with van der Waals surface area (Å²) in [4.78, 5) is 35.5. The Labute approximate surface area is 144 Å². The van der Waals surface area contributed by atoms with Gasteiger partial charge in [0.25, 0.3) is 11.8 Å². The fourth-order valence-corrected chi connectivity index (χ4v) is 2.21. The molecule has 0 aliphatic carbocycles. The van der Waals surface area contributed by atoms with Crippen molar-refractivity contribution < 1.29 is 14.4 Å². The zero-order chi connectivity index (χ0) is 17.5. The smallest absolute Gasteiger partial charge is 0.253 e. The zero-order valence-electron chi connectivity index (χ0n) is 12.9. The number of hydrogen-bond donors (Lipinski definition) is 3. The average molecular weight is 346 g/mol. The molecule has 6 nitrogen and oxygen atoms in total. The van der Waals surface area contributed by atoms with Gasteiger partial charge in [0.15, 0.2) is 0 Å². The molecule has 0 heterocycles. The molecule has 3 N–H and O–H groups in total. The number of benzene rings is 2. The second-order valence-electron chi connectivity index (χ2n) is 4.87. The lowest BCUT2D eigenvalue weighted by Gasteiger charge is -2.09. The molecule has 0 aliphatic rings. The second kappa shape index (κ2) is 8.12. The van der Waals surface area contributed by atoms with Crippen LogP contribution < -0.4 is 16.0 Å². The first-order valence-electron chi connectivity index (χ1n) is 7.16. The summed E-state index contributed by atoms with van der Waals surface area (Å²) in [5, 5.41) is 7.93. The summed E-state index contributed by atoms with van der Waals surface area (Å²) in [6.07, 6.45) is 0. The number of carbonyl (C=O) groups excluding carboxylic acids is 3. The maximum absolute atomic E-state index is 12.0. The zero-order valence-corrected chi connectivity index (χ0v) is 13.7. The molecule has 0 saturated heterocycles. The first kappa shape index (κ1) is 17.5. The lowest BCUT2D eigenvalue weighted by molar-refractivity contribution is -0.115. The molecule has 2 aromatic carbocycles. The Hall–Kier alpha value is -2.86. The van der Waals surface area contributed by atoms with Crippen molar-refractivity contribution in [2.45, 2.75) is 0 Å². The van der Waals surface area contributed by atoms with E-state index in [2.05, 4.69) is 16.0 Å². The van der Waals surface area contributed by atoms with E-state index >= 15 is 0 Å². The van der Waals surface area contributed by atoms with Crippen LogP contribution in [0.1, 0.15) is 20.7 Å². The van der Waals surface area contributed by atoms with Crippen LogP contribution in [0.2, 0.25) is 5.02 Å². The summed E-state index contributed by atoms with van der Waals surface area (Å²) in [6.45, 7) is -0.214. The highest BCUT2D eigenvalue weighted by atomic mass is 35.5. The molecule has 0 unspecified atom stereocenters. The van der Waals surface area contributed by atoms with Crippen LogP contribution in [0.25, 0.3) is 0 Å². The minimum Gasteiger partial charge on any atom is -0.355 e. The lowest BCUT2D eigenvalue weighted by atomic mass is 10.2. The van der Waals surface area contributed by atoms with E-state index in [9.17, 15) is 14.4 Å². The Kier molecular flexibility index (Phi) is 5.92. The molecular weight excluding hydrogens is 330 g/mol. The molecule has 2 rings (SSSR count). The maximum atomic E-state index is 12.0. The quantitative estimate of drug-likeness (QED) is 0.775. The minimum atomic E-state index is -0.435. The molecule has 0 aliphatic heterocycles. The van der Waals surface area contributed by atoms with E-state index in [-0.39, 0.29) is 12.5 Å². The highest BCUT2D eigenvalue weighted by molar-refractivity contribution is 6.33. The van der Waals surface area contributed by atoms with Gasteiger partial charge in [-0.25, -0.2) is 0 Å². The van der Waals surface area contributed by atoms with Crippen molar-refractivity contribution >= 4 is 35.0 Å². The van der Waals surface area contributed by atoms with Crippen LogP contribution in [0.5, 0.6) is 0 Å². The van der Waals surface area contributed by atoms with Crippen LogP contribution in [0.3, 0.4) is 0 Å². The Bertz CT molecular complexity index is 777. The van der Waals surface area contributed by atoms with E-state index in [1.54, 1.807) is 48.5 Å². The Morgan fingerprint density at radius 1 is 1.00 bits per heavy atom. The molecule has 24 heavy (non-hydrogen) atoms. The van der Waals surface area contributed by atoms with Crippen molar-refractivity contribution in [3.63, 3.8) is 0 Å². The molecule has 0 radical (unpaired) electrons. The molecule has 0 spiro atoms. The van der Waals surface area contributed by atoms with Crippen molar-refractivity contribution in [3.8, 4) is 0 Å². The first-order chi connectivity index (χ1) is 11.5. The van der Waals surface area contributed by atoms with Gasteiger partial charge >= 0.3 is 0 Å². The van der Waals surface area contributed by atoms with Crippen LogP contribution in [-0.4, -0.2) is 31.3 Å². The van der Waals surface area contributed by atoms with Crippen molar-refractivity contribution in [1.82, 2.24) is 10.6 Å². The largest absolute Gasteiger partial charge is 0.355 e. The first-order valence-corrected chi connectivity index (χ1v) is 7.54. The van der Waals surface area contributed by atoms with Gasteiger partial charge in [-0.15, -0.1) is 0 Å². The molecule has 0 atom stereocenters. The topological polar surface area (TPSA) is 87.3 Å². The Morgan fingerprint density at radius 2 is 1.75 bits per heavy atom. The van der Waals surface area contributed by atoms with Crippen molar-refractivity contribution in [1.29, 1.82) is 0 Å². The van der Waals surface area contributed by atoms with Gasteiger partial charge in [-0.3, -0.25) is 14.4 Å². The van der Waals surface area contributed by atoms with Gasteiger partial charge in [-0.2, -0.15) is 0 Å². The summed E-state index contributed by atoms with van der Waals surface area (Å²) >= 11 is 5.93. The SMILES string of the molecule is CNC(=O)c1cccc(NC(=O)CNC(=O)c2ccccc2Cl)c1. The lowest BCUT2D eigenvalue weighted by Crippen LogP contribution is -2.33. The number of hydrogen-bond acceptors (Lipinski definition) is 3. The van der Waals surface area contributed by atoms with Crippen LogP contribution in [-0.2, 0) is 4.79 Å². The molecule has 124 valence electrons. The third-order valence-corrected chi connectivity index (χ3v) is 3.49. The molecule has 0 saturated carbocycles. The van der Waals surface area contributed by atoms with E-state index in [0.29, 0.717) is 21.8 Å². The predicted octanol–water partition coefficient (Wildman–Crippen LogP) is 2.07. The van der Waals surface area contributed by atoms with E-state index in [1.807, 2.05) is 0 Å². The fraction of sp³-hybridized carbons (Fsp3) is 0.118. The standard InChI is InChI=1S/C17H16ClN3O3/c1-19-16(23)11-5-4-6-12(9-11)21-15(22)10-20-17(24)13-7-2-3-8-14(13)18/h2-9H,10H2,1H3,(H,19,23)(H,20,24)(H,21,22). The average Bonchev–Trinajstić information content (AvgIpc) is 2.59. The van der Waals surface area contributed by atoms with Crippen LogP contribution in [0.4, 0.5) is 5.69 Å². The minimum absolute atomic E-state index is 0.214. The normalized spacial score (nSPS) is 9.92. The number of rotatable bonds is 5. The van der Waals surface area contributed by atoms with Crippen molar-refractivity contribution in [2.24, 2.45) is 0 Å². The molecule has 2 aromatic rings. The van der Waals surface area contributed by atoms with E-state index in [4.69, 9.17) is 11.6 Å². The predicted molar refractivity (Wildman–Crippen MR) is 92.2 cm³/mol. The molecule has 3 amide bonds. The Balaban J connectivity index is 1.93. The van der Waals surface area contributed by atoms with E-state index in [1.165, 1.54) is 7.05 Å². The molecular formula is C17H16ClN3O3. The van der Waals surface area contributed by atoms with Gasteiger partial charge in [0.05, 0.1) is 17.1 Å². The number of amides is 3. The maximum Gasteiger partial charge on any atom is 0.253 e. The van der Waals surface area contributed by atoms with Crippen LogP contribution in [0.15, 0.2) is 48.5 Å².